The van der Waals surface area contributed by atoms with Gasteiger partial charge in [0, 0.05) is 44.0 Å². The Hall–Kier alpha value is -1.45. The fourth-order valence-corrected chi connectivity index (χ4v) is 6.20. The Morgan fingerprint density at radius 3 is 2.28 bits per heavy atom. The summed E-state index contributed by atoms with van der Waals surface area (Å²) in [7, 11) is -3.51. The summed E-state index contributed by atoms with van der Waals surface area (Å²) in [5, 5.41) is 13.0. The van der Waals surface area contributed by atoms with Gasteiger partial charge in [-0.05, 0) is 24.3 Å². The monoisotopic (exact) mass is 385 g/mol. The molecule has 0 unspecified atom stereocenters. The van der Waals surface area contributed by atoms with Crippen molar-refractivity contribution in [1.82, 2.24) is 9.21 Å². The average molecular weight is 385 g/mol. The average Bonchev–Trinajstić information content (AvgIpc) is 3.16. The number of hydrogen-bond donors (Lipinski definition) is 0. The van der Waals surface area contributed by atoms with E-state index in [0.29, 0.717) is 30.1 Å². The number of aliphatic carboxylic acids is 1. The van der Waals surface area contributed by atoms with Crippen molar-refractivity contribution < 1.29 is 23.1 Å². The maximum atomic E-state index is 12.7. The molecule has 2 aliphatic rings. The number of carboxylic acid groups (broad SMARTS) is 1. The normalized spacial score (nSPS) is 25.7. The van der Waals surface area contributed by atoms with Gasteiger partial charge in [0.15, 0.2) is 0 Å². The maximum Gasteiger partial charge on any atom is 0.252 e. The minimum atomic E-state index is -3.51. The minimum absolute atomic E-state index is 0.179. The summed E-state index contributed by atoms with van der Waals surface area (Å²) < 4.78 is 26.7. The van der Waals surface area contributed by atoms with Crippen molar-refractivity contribution in [3.05, 3.63) is 17.5 Å². The van der Waals surface area contributed by atoms with Crippen LogP contribution in [-0.4, -0.2) is 55.7 Å². The first-order valence-electron chi connectivity index (χ1n) is 8.44. The van der Waals surface area contributed by atoms with Gasteiger partial charge in [-0.15, -0.1) is 11.3 Å². The molecule has 1 aliphatic carbocycles. The molecule has 1 amide bonds. The lowest BCUT2D eigenvalue weighted by Crippen LogP contribution is -2.53. The third kappa shape index (κ3) is 3.73. The number of carbonyl (C=O) groups excluding carboxylic acids is 2. The Balaban J connectivity index is 1.64. The number of hydrogen-bond acceptors (Lipinski definition) is 6. The molecule has 7 nitrogen and oxygen atoms in total. The highest BCUT2D eigenvalue weighted by molar-refractivity contribution is 7.91. The molecule has 1 aromatic rings. The number of piperazine rings is 1. The van der Waals surface area contributed by atoms with Crippen LogP contribution in [0.25, 0.3) is 0 Å². The summed E-state index contributed by atoms with van der Waals surface area (Å²) in [4.78, 5) is 25.6. The summed E-state index contributed by atoms with van der Waals surface area (Å²) >= 11 is 1.17. The Kier molecular flexibility index (Phi) is 5.45. The van der Waals surface area contributed by atoms with E-state index in [-0.39, 0.29) is 19.0 Å². The van der Waals surface area contributed by atoms with Crippen molar-refractivity contribution >= 4 is 33.2 Å². The number of carboxylic acids is 1. The Morgan fingerprint density at radius 2 is 1.72 bits per heavy atom. The maximum absolute atomic E-state index is 12.7. The number of sulfonamides is 1. The lowest BCUT2D eigenvalue weighted by molar-refractivity contribution is -0.314. The third-order valence-corrected chi connectivity index (χ3v) is 8.30. The molecule has 3 rings (SSSR count). The van der Waals surface area contributed by atoms with E-state index in [9.17, 15) is 23.1 Å². The molecule has 0 bridgehead atoms. The first kappa shape index (κ1) is 18.3. The van der Waals surface area contributed by atoms with Crippen LogP contribution < -0.4 is 5.11 Å². The topological polar surface area (TPSA) is 97.8 Å². The lowest BCUT2D eigenvalue weighted by atomic mass is 9.78. The van der Waals surface area contributed by atoms with Crippen LogP contribution in [-0.2, 0) is 19.6 Å². The molecule has 0 radical (unpaired) electrons. The molecule has 2 heterocycles. The SMILES string of the molecule is O=C([O-])[C@H]1CCCC[C@H]1C(=O)N1CCN(S(=O)(=O)c2cccs2)CC1. The zero-order valence-electron chi connectivity index (χ0n) is 13.8. The second kappa shape index (κ2) is 7.43. The van der Waals surface area contributed by atoms with Crippen LogP contribution >= 0.6 is 11.3 Å². The van der Waals surface area contributed by atoms with E-state index >= 15 is 0 Å². The number of rotatable bonds is 4. The van der Waals surface area contributed by atoms with Gasteiger partial charge in [0.1, 0.15) is 4.21 Å². The van der Waals surface area contributed by atoms with E-state index in [0.717, 1.165) is 12.8 Å². The largest absolute Gasteiger partial charge is 0.550 e. The van der Waals surface area contributed by atoms with Gasteiger partial charge in [0.05, 0.1) is 0 Å². The quantitative estimate of drug-likeness (QED) is 0.734. The second-order valence-corrected chi connectivity index (χ2v) is 9.59. The smallest absolute Gasteiger partial charge is 0.252 e. The standard InChI is InChI=1S/C16H22N2O5S2/c19-15(12-4-1-2-5-13(12)16(20)21)17-7-9-18(10-8-17)25(22,23)14-6-3-11-24-14/h3,6,11-13H,1-2,4-5,7-10H2,(H,20,21)/p-1/t12-,13+/m1/s1. The zero-order chi connectivity index (χ0) is 18.0. The molecule has 9 heteroatoms. The van der Waals surface area contributed by atoms with Gasteiger partial charge in [-0.2, -0.15) is 4.31 Å². The van der Waals surface area contributed by atoms with E-state index in [4.69, 9.17) is 0 Å². The molecule has 2 fully saturated rings. The van der Waals surface area contributed by atoms with Crippen LogP contribution in [0.4, 0.5) is 0 Å². The van der Waals surface area contributed by atoms with E-state index in [1.54, 1.807) is 22.4 Å². The molecule has 1 saturated carbocycles. The molecule has 1 aromatic heterocycles. The van der Waals surface area contributed by atoms with Gasteiger partial charge in [-0.25, -0.2) is 8.42 Å². The van der Waals surface area contributed by atoms with Crippen LogP contribution in [0.5, 0.6) is 0 Å². The minimum Gasteiger partial charge on any atom is -0.550 e. The van der Waals surface area contributed by atoms with E-state index < -0.39 is 27.8 Å². The number of thiophene rings is 1. The summed E-state index contributed by atoms with van der Waals surface area (Å²) in [6.07, 6.45) is 2.68. The lowest BCUT2D eigenvalue weighted by Gasteiger charge is -2.39. The van der Waals surface area contributed by atoms with Crippen LogP contribution in [0.1, 0.15) is 25.7 Å². The molecular weight excluding hydrogens is 364 g/mol. The molecule has 0 spiro atoms. The second-order valence-electron chi connectivity index (χ2n) is 6.48. The predicted octanol–water partition coefficient (Wildman–Crippen LogP) is 0.137. The number of amides is 1. The van der Waals surface area contributed by atoms with Gasteiger partial charge >= 0.3 is 0 Å². The van der Waals surface area contributed by atoms with Crippen molar-refractivity contribution in [3.8, 4) is 0 Å². The van der Waals surface area contributed by atoms with Crippen molar-refractivity contribution in [1.29, 1.82) is 0 Å². The van der Waals surface area contributed by atoms with Gasteiger partial charge in [-0.3, -0.25) is 4.79 Å². The third-order valence-electron chi connectivity index (χ3n) is 5.03. The van der Waals surface area contributed by atoms with E-state index in [1.165, 1.54) is 15.6 Å². The van der Waals surface area contributed by atoms with Gasteiger partial charge < -0.3 is 14.8 Å². The first-order valence-corrected chi connectivity index (χ1v) is 10.8. The van der Waals surface area contributed by atoms with Crippen molar-refractivity contribution in [2.75, 3.05) is 26.2 Å². The summed E-state index contributed by atoms with van der Waals surface area (Å²) in [5.74, 6) is -2.60. The highest BCUT2D eigenvalue weighted by Gasteiger charge is 2.37. The van der Waals surface area contributed by atoms with Crippen molar-refractivity contribution in [2.45, 2.75) is 29.9 Å². The zero-order valence-corrected chi connectivity index (χ0v) is 15.4. The predicted molar refractivity (Wildman–Crippen MR) is 90.1 cm³/mol. The van der Waals surface area contributed by atoms with Gasteiger partial charge in [0.25, 0.3) is 10.0 Å². The summed E-state index contributed by atoms with van der Waals surface area (Å²) in [5.41, 5.74) is 0. The number of carbonyl (C=O) groups is 2. The molecule has 0 N–H and O–H groups in total. The van der Waals surface area contributed by atoms with E-state index in [2.05, 4.69) is 0 Å². The van der Waals surface area contributed by atoms with Crippen molar-refractivity contribution in [3.63, 3.8) is 0 Å². The highest BCUT2D eigenvalue weighted by Crippen LogP contribution is 2.32. The molecule has 2 atom stereocenters. The highest BCUT2D eigenvalue weighted by atomic mass is 32.2. The van der Waals surface area contributed by atoms with Gasteiger partial charge in [0.2, 0.25) is 5.91 Å². The van der Waals surface area contributed by atoms with Gasteiger partial charge in [-0.1, -0.05) is 18.9 Å². The van der Waals surface area contributed by atoms with E-state index in [1.807, 2.05) is 0 Å². The molecule has 0 aromatic carbocycles. The first-order chi connectivity index (χ1) is 11.9. The molecular formula is C16H21N2O5S2-. The van der Waals surface area contributed by atoms with Crippen LogP contribution in [0, 0.1) is 11.8 Å². The molecule has 25 heavy (non-hydrogen) atoms. The van der Waals surface area contributed by atoms with Crippen LogP contribution in [0.3, 0.4) is 0 Å². The molecule has 1 saturated heterocycles. The van der Waals surface area contributed by atoms with Crippen molar-refractivity contribution in [2.24, 2.45) is 11.8 Å². The summed E-state index contributed by atoms with van der Waals surface area (Å²) in [6, 6.07) is 3.27. The number of nitrogens with zero attached hydrogens (tertiary/aromatic N) is 2. The van der Waals surface area contributed by atoms with Crippen LogP contribution in [0.2, 0.25) is 0 Å². The fourth-order valence-electron chi connectivity index (χ4n) is 3.63. The summed E-state index contributed by atoms with van der Waals surface area (Å²) in [6.45, 7) is 1.04. The van der Waals surface area contributed by atoms with Crippen LogP contribution in [0.15, 0.2) is 21.7 Å². The molecule has 1 aliphatic heterocycles. The fraction of sp³-hybridized carbons (Fsp3) is 0.625. The Labute approximate surface area is 151 Å². The molecule has 138 valence electrons. The Bertz CT molecular complexity index is 724. The Morgan fingerprint density at radius 1 is 1.08 bits per heavy atom.